The lowest BCUT2D eigenvalue weighted by atomic mass is 9.98. The van der Waals surface area contributed by atoms with Crippen LogP contribution in [0.1, 0.15) is 29.0 Å². The monoisotopic (exact) mass is 435 g/mol. The van der Waals surface area contributed by atoms with Gasteiger partial charge in [-0.25, -0.2) is 4.79 Å². The Morgan fingerprint density at radius 2 is 1.55 bits per heavy atom. The number of phenolic OH excluding ortho intramolecular Hbond substituents is 1. The van der Waals surface area contributed by atoms with Crippen LogP contribution in [-0.4, -0.2) is 24.4 Å². The van der Waals surface area contributed by atoms with Crippen molar-refractivity contribution in [3.8, 4) is 16.9 Å². The molecule has 1 amide bonds. The number of carbonyl (C=O) groups is 1. The van der Waals surface area contributed by atoms with Gasteiger partial charge in [0.25, 0.3) is 0 Å². The zero-order valence-electron chi connectivity index (χ0n) is 18.2. The maximum absolute atomic E-state index is 12.3. The van der Waals surface area contributed by atoms with Crippen LogP contribution < -0.4 is 5.32 Å². The van der Waals surface area contributed by atoms with E-state index in [1.807, 2.05) is 66.7 Å². The minimum atomic E-state index is -0.418. The summed E-state index contributed by atoms with van der Waals surface area (Å²) in [5, 5.41) is 15.1. The number of phenols is 1. The van der Waals surface area contributed by atoms with Crippen LogP contribution in [0, 0.1) is 0 Å². The van der Waals surface area contributed by atoms with Crippen molar-refractivity contribution in [3.05, 3.63) is 108 Å². The predicted molar refractivity (Wildman–Crippen MR) is 132 cm³/mol. The molecule has 0 aliphatic heterocycles. The van der Waals surface area contributed by atoms with Crippen LogP contribution in [-0.2, 0) is 4.74 Å². The number of fused-ring (bicyclic) bond motifs is 4. The molecule has 0 spiro atoms. The summed E-state index contributed by atoms with van der Waals surface area (Å²) in [5.74, 6) is 0.298. The van der Waals surface area contributed by atoms with Crippen molar-refractivity contribution < 1.29 is 14.6 Å². The minimum Gasteiger partial charge on any atom is -0.507 e. The Morgan fingerprint density at radius 3 is 2.30 bits per heavy atom. The van der Waals surface area contributed by atoms with Crippen LogP contribution in [0.25, 0.3) is 28.0 Å². The molecule has 4 nitrogen and oxygen atoms in total. The molecule has 0 heterocycles. The van der Waals surface area contributed by atoms with E-state index < -0.39 is 6.09 Å². The summed E-state index contributed by atoms with van der Waals surface area (Å²) in [7, 11) is 0. The standard InChI is InChI=1S/C29H25NO3/c31-28-17-16-20-9-1-2-10-21(20)26(28)15-7-8-18-30-29(32)33-19-27-24-13-5-3-11-22(24)23-12-4-6-14-25(23)27/h1-7,9-17,27,31H,8,18-19H2,(H,30,32). The first-order chi connectivity index (χ1) is 16.2. The molecule has 0 bridgehead atoms. The fraction of sp³-hybridized carbons (Fsp3) is 0.138. The Hall–Kier alpha value is -4.05. The molecule has 4 aromatic rings. The molecule has 164 valence electrons. The lowest BCUT2D eigenvalue weighted by molar-refractivity contribution is 0.143. The number of ether oxygens (including phenoxy) is 1. The first-order valence-corrected chi connectivity index (χ1v) is 11.2. The van der Waals surface area contributed by atoms with Crippen LogP contribution in [0.15, 0.2) is 91.0 Å². The second-order valence-electron chi connectivity index (χ2n) is 8.16. The van der Waals surface area contributed by atoms with Gasteiger partial charge >= 0.3 is 6.09 Å². The van der Waals surface area contributed by atoms with Gasteiger partial charge in [-0.15, -0.1) is 0 Å². The molecule has 2 N–H and O–H groups in total. The molecule has 0 radical (unpaired) electrons. The Bertz CT molecular complexity index is 1300. The van der Waals surface area contributed by atoms with E-state index in [-0.39, 0.29) is 11.7 Å². The third-order valence-electron chi connectivity index (χ3n) is 6.16. The van der Waals surface area contributed by atoms with Crippen molar-refractivity contribution in [3.63, 3.8) is 0 Å². The second kappa shape index (κ2) is 9.21. The van der Waals surface area contributed by atoms with Gasteiger partial charge in [-0.05, 0) is 45.5 Å². The number of hydrogen-bond donors (Lipinski definition) is 2. The highest BCUT2D eigenvalue weighted by Crippen LogP contribution is 2.44. The zero-order valence-corrected chi connectivity index (χ0v) is 18.2. The molecule has 0 aromatic heterocycles. The molecule has 5 rings (SSSR count). The summed E-state index contributed by atoms with van der Waals surface area (Å²) < 4.78 is 5.57. The van der Waals surface area contributed by atoms with Gasteiger partial charge in [0.2, 0.25) is 0 Å². The molecular weight excluding hydrogens is 410 g/mol. The molecule has 0 fully saturated rings. The quantitative estimate of drug-likeness (QED) is 0.341. The number of alkyl carbamates (subject to hydrolysis) is 1. The average molecular weight is 436 g/mol. The average Bonchev–Trinajstić information content (AvgIpc) is 3.17. The summed E-state index contributed by atoms with van der Waals surface area (Å²) in [5.41, 5.74) is 5.61. The van der Waals surface area contributed by atoms with Gasteiger partial charge in [0.1, 0.15) is 12.4 Å². The molecule has 1 aliphatic carbocycles. The van der Waals surface area contributed by atoms with Crippen LogP contribution >= 0.6 is 0 Å². The fourth-order valence-electron chi connectivity index (χ4n) is 4.57. The van der Waals surface area contributed by atoms with E-state index in [1.54, 1.807) is 6.07 Å². The van der Waals surface area contributed by atoms with Crippen molar-refractivity contribution in [2.45, 2.75) is 12.3 Å². The number of amides is 1. The van der Waals surface area contributed by atoms with Crippen molar-refractivity contribution >= 4 is 22.9 Å². The SMILES string of the molecule is O=C(NCCC=Cc1c(O)ccc2ccccc12)OCC1c2ccccc2-c2ccccc21. The van der Waals surface area contributed by atoms with Gasteiger partial charge in [-0.2, -0.15) is 0 Å². The second-order valence-corrected chi connectivity index (χ2v) is 8.16. The van der Waals surface area contributed by atoms with E-state index >= 15 is 0 Å². The van der Waals surface area contributed by atoms with E-state index in [9.17, 15) is 9.90 Å². The number of aromatic hydroxyl groups is 1. The lowest BCUT2D eigenvalue weighted by Gasteiger charge is -2.14. The topological polar surface area (TPSA) is 58.6 Å². The first-order valence-electron chi connectivity index (χ1n) is 11.2. The van der Waals surface area contributed by atoms with Crippen LogP contribution in [0.4, 0.5) is 4.79 Å². The molecule has 4 aromatic carbocycles. The molecular formula is C29H25NO3. The van der Waals surface area contributed by atoms with E-state index in [1.165, 1.54) is 22.3 Å². The summed E-state index contributed by atoms with van der Waals surface area (Å²) in [4.78, 5) is 12.3. The van der Waals surface area contributed by atoms with E-state index in [2.05, 4.69) is 29.6 Å². The molecule has 33 heavy (non-hydrogen) atoms. The third kappa shape index (κ3) is 4.20. The normalized spacial score (nSPS) is 12.6. The van der Waals surface area contributed by atoms with Gasteiger partial charge in [-0.1, -0.05) is 91.0 Å². The van der Waals surface area contributed by atoms with E-state index in [0.29, 0.717) is 19.6 Å². The van der Waals surface area contributed by atoms with Crippen LogP contribution in [0.5, 0.6) is 5.75 Å². The molecule has 0 saturated carbocycles. The van der Waals surface area contributed by atoms with Gasteiger partial charge < -0.3 is 15.2 Å². The number of benzene rings is 4. The van der Waals surface area contributed by atoms with Crippen molar-refractivity contribution in [2.24, 2.45) is 0 Å². The largest absolute Gasteiger partial charge is 0.507 e. The summed E-state index contributed by atoms with van der Waals surface area (Å²) in [6, 6.07) is 28.1. The molecule has 1 aliphatic rings. The fourth-order valence-corrected chi connectivity index (χ4v) is 4.57. The van der Waals surface area contributed by atoms with Gasteiger partial charge in [-0.3, -0.25) is 0 Å². The Morgan fingerprint density at radius 1 is 0.879 bits per heavy atom. The maximum Gasteiger partial charge on any atom is 0.407 e. The number of hydrogen-bond acceptors (Lipinski definition) is 3. The first kappa shape index (κ1) is 20.8. The summed E-state index contributed by atoms with van der Waals surface area (Å²) >= 11 is 0. The van der Waals surface area contributed by atoms with Gasteiger partial charge in [0, 0.05) is 18.0 Å². The van der Waals surface area contributed by atoms with E-state index in [0.717, 1.165) is 16.3 Å². The zero-order chi connectivity index (χ0) is 22.6. The molecule has 0 atom stereocenters. The molecule has 0 unspecified atom stereocenters. The molecule has 4 heteroatoms. The van der Waals surface area contributed by atoms with Crippen LogP contribution in [0.3, 0.4) is 0 Å². The maximum atomic E-state index is 12.3. The van der Waals surface area contributed by atoms with E-state index in [4.69, 9.17) is 4.74 Å². The number of carbonyl (C=O) groups excluding carboxylic acids is 1. The Kier molecular flexibility index (Phi) is 5.81. The van der Waals surface area contributed by atoms with Gasteiger partial charge in [0.05, 0.1) is 0 Å². The highest BCUT2D eigenvalue weighted by molar-refractivity contribution is 5.93. The minimum absolute atomic E-state index is 0.0531. The van der Waals surface area contributed by atoms with Crippen molar-refractivity contribution in [1.82, 2.24) is 5.32 Å². The number of rotatable bonds is 6. The third-order valence-corrected chi connectivity index (χ3v) is 6.16. The highest BCUT2D eigenvalue weighted by atomic mass is 16.5. The highest BCUT2D eigenvalue weighted by Gasteiger charge is 2.28. The lowest BCUT2D eigenvalue weighted by Crippen LogP contribution is -2.26. The Balaban J connectivity index is 1.16. The molecule has 0 saturated heterocycles. The van der Waals surface area contributed by atoms with Crippen molar-refractivity contribution in [1.29, 1.82) is 0 Å². The smallest absolute Gasteiger partial charge is 0.407 e. The number of nitrogens with one attached hydrogen (secondary N) is 1. The van der Waals surface area contributed by atoms with Gasteiger partial charge in [0.15, 0.2) is 0 Å². The summed E-state index contributed by atoms with van der Waals surface area (Å²) in [6.07, 6.45) is 4.06. The van der Waals surface area contributed by atoms with Crippen LogP contribution in [0.2, 0.25) is 0 Å². The summed E-state index contributed by atoms with van der Waals surface area (Å²) in [6.45, 7) is 0.762. The van der Waals surface area contributed by atoms with Crippen molar-refractivity contribution in [2.75, 3.05) is 13.2 Å². The predicted octanol–water partition coefficient (Wildman–Crippen LogP) is 6.49. The Labute approximate surface area is 193 Å².